The molecule has 18 heavy (non-hydrogen) atoms. The molecule has 0 fully saturated rings. The van der Waals surface area contributed by atoms with Crippen molar-refractivity contribution in [3.63, 3.8) is 0 Å². The second kappa shape index (κ2) is 5.17. The summed E-state index contributed by atoms with van der Waals surface area (Å²) in [6, 6.07) is 5.23. The first-order chi connectivity index (χ1) is 8.67. The van der Waals surface area contributed by atoms with Crippen LogP contribution in [-0.2, 0) is 11.2 Å². The molecule has 1 aliphatic carbocycles. The molecule has 0 heterocycles. The number of carbonyl (C=O) groups excluding carboxylic acids is 2. The molecule has 0 spiro atoms. The largest absolute Gasteiger partial charge is 0.465 e. The number of allylic oxidation sites excluding steroid dienone is 2. The molecule has 0 radical (unpaired) electrons. The van der Waals surface area contributed by atoms with E-state index in [1.807, 2.05) is 25.1 Å². The molecule has 0 N–H and O–H groups in total. The zero-order valence-corrected chi connectivity index (χ0v) is 10.6. The van der Waals surface area contributed by atoms with Crippen LogP contribution in [0.5, 0.6) is 0 Å². The highest BCUT2D eigenvalue weighted by atomic mass is 16.5. The summed E-state index contributed by atoms with van der Waals surface area (Å²) in [5.41, 5.74) is 2.14. The summed E-state index contributed by atoms with van der Waals surface area (Å²) >= 11 is 0. The van der Waals surface area contributed by atoms with Gasteiger partial charge in [0.05, 0.1) is 12.7 Å². The van der Waals surface area contributed by atoms with Crippen LogP contribution < -0.4 is 0 Å². The van der Waals surface area contributed by atoms with E-state index < -0.39 is 5.97 Å². The SMILES string of the molecule is C/C=C/CC1Cc2ccc(C(=O)OC)cc2C1=O. The molecule has 0 bridgehead atoms. The fraction of sp³-hybridized carbons (Fsp3) is 0.333. The Morgan fingerprint density at radius 2 is 2.28 bits per heavy atom. The Balaban J connectivity index is 2.27. The maximum Gasteiger partial charge on any atom is 0.337 e. The summed E-state index contributed by atoms with van der Waals surface area (Å²) < 4.78 is 4.66. The molecule has 3 heteroatoms. The van der Waals surface area contributed by atoms with Gasteiger partial charge in [-0.15, -0.1) is 0 Å². The standard InChI is InChI=1S/C15H16O3/c1-3-4-5-11-8-10-6-7-12(15(17)18-2)9-13(10)14(11)16/h3-4,6-7,9,11H,5,8H2,1-2H3/b4-3+. The molecule has 0 saturated carbocycles. The summed E-state index contributed by atoms with van der Waals surface area (Å²) in [5, 5.41) is 0. The molecule has 1 atom stereocenters. The predicted molar refractivity (Wildman–Crippen MR) is 68.7 cm³/mol. The average molecular weight is 244 g/mol. The highest BCUT2D eigenvalue weighted by Crippen LogP contribution is 2.30. The number of rotatable bonds is 3. The van der Waals surface area contributed by atoms with Crippen LogP contribution in [0, 0.1) is 5.92 Å². The van der Waals surface area contributed by atoms with E-state index in [1.54, 1.807) is 12.1 Å². The molecule has 1 unspecified atom stereocenters. The van der Waals surface area contributed by atoms with Gasteiger partial charge in [0, 0.05) is 11.5 Å². The minimum atomic E-state index is -0.400. The summed E-state index contributed by atoms with van der Waals surface area (Å²) in [6.07, 6.45) is 5.49. The molecule has 0 saturated heterocycles. The van der Waals surface area contributed by atoms with Crippen molar-refractivity contribution in [1.82, 2.24) is 0 Å². The molecule has 0 aliphatic heterocycles. The number of hydrogen-bond donors (Lipinski definition) is 0. The van der Waals surface area contributed by atoms with Crippen LogP contribution in [0.25, 0.3) is 0 Å². The van der Waals surface area contributed by atoms with Crippen LogP contribution >= 0.6 is 0 Å². The monoisotopic (exact) mass is 244 g/mol. The van der Waals surface area contributed by atoms with Crippen molar-refractivity contribution in [3.8, 4) is 0 Å². The molecule has 1 aromatic carbocycles. The fourth-order valence-electron chi connectivity index (χ4n) is 2.30. The summed E-state index contributed by atoms with van der Waals surface area (Å²) in [5.74, 6) is -0.250. The third kappa shape index (κ3) is 2.21. The first-order valence-corrected chi connectivity index (χ1v) is 6.04. The maximum absolute atomic E-state index is 12.2. The van der Waals surface area contributed by atoms with E-state index in [0.29, 0.717) is 11.1 Å². The van der Waals surface area contributed by atoms with Gasteiger partial charge in [0.15, 0.2) is 5.78 Å². The minimum Gasteiger partial charge on any atom is -0.465 e. The van der Waals surface area contributed by atoms with Gasteiger partial charge in [0.1, 0.15) is 0 Å². The molecule has 3 nitrogen and oxygen atoms in total. The van der Waals surface area contributed by atoms with Gasteiger partial charge in [0.25, 0.3) is 0 Å². The fourth-order valence-corrected chi connectivity index (χ4v) is 2.30. The van der Waals surface area contributed by atoms with Gasteiger partial charge in [-0.05, 0) is 37.5 Å². The van der Waals surface area contributed by atoms with Gasteiger partial charge in [0.2, 0.25) is 0 Å². The van der Waals surface area contributed by atoms with E-state index in [2.05, 4.69) is 4.74 Å². The summed E-state index contributed by atoms with van der Waals surface area (Å²) in [7, 11) is 1.34. The number of methoxy groups -OCH3 is 1. The van der Waals surface area contributed by atoms with Gasteiger partial charge >= 0.3 is 5.97 Å². The van der Waals surface area contributed by atoms with Crippen LogP contribution in [0.3, 0.4) is 0 Å². The van der Waals surface area contributed by atoms with E-state index in [4.69, 9.17) is 0 Å². The predicted octanol–water partition coefficient (Wildman–Crippen LogP) is 2.79. The zero-order valence-electron chi connectivity index (χ0n) is 10.6. The lowest BCUT2D eigenvalue weighted by molar-refractivity contribution is 0.0600. The van der Waals surface area contributed by atoms with Crippen LogP contribution in [0.1, 0.15) is 39.6 Å². The smallest absolute Gasteiger partial charge is 0.337 e. The number of ether oxygens (including phenoxy) is 1. The van der Waals surface area contributed by atoms with E-state index in [0.717, 1.165) is 18.4 Å². The highest BCUT2D eigenvalue weighted by molar-refractivity contribution is 6.04. The summed E-state index contributed by atoms with van der Waals surface area (Å²) in [6.45, 7) is 1.95. The number of carbonyl (C=O) groups is 2. The van der Waals surface area contributed by atoms with Crippen LogP contribution in [0.15, 0.2) is 30.4 Å². The van der Waals surface area contributed by atoms with Crippen molar-refractivity contribution < 1.29 is 14.3 Å². The number of benzene rings is 1. The van der Waals surface area contributed by atoms with Gasteiger partial charge in [-0.2, -0.15) is 0 Å². The Morgan fingerprint density at radius 3 is 2.94 bits per heavy atom. The first-order valence-electron chi connectivity index (χ1n) is 6.04. The molecule has 1 aliphatic rings. The Labute approximate surface area is 106 Å². The molecular weight excluding hydrogens is 228 g/mol. The molecule has 0 aromatic heterocycles. The first kappa shape index (κ1) is 12.6. The second-order valence-corrected chi connectivity index (χ2v) is 4.43. The Morgan fingerprint density at radius 1 is 1.50 bits per heavy atom. The van der Waals surface area contributed by atoms with Crippen molar-refractivity contribution in [2.24, 2.45) is 5.92 Å². The Bertz CT molecular complexity index is 514. The average Bonchev–Trinajstić information content (AvgIpc) is 2.72. The molecule has 1 aromatic rings. The van der Waals surface area contributed by atoms with Crippen molar-refractivity contribution >= 4 is 11.8 Å². The van der Waals surface area contributed by atoms with E-state index in [1.165, 1.54) is 7.11 Å². The van der Waals surface area contributed by atoms with Crippen molar-refractivity contribution in [1.29, 1.82) is 0 Å². The van der Waals surface area contributed by atoms with E-state index >= 15 is 0 Å². The second-order valence-electron chi connectivity index (χ2n) is 4.43. The van der Waals surface area contributed by atoms with Crippen molar-refractivity contribution in [2.45, 2.75) is 19.8 Å². The van der Waals surface area contributed by atoms with Gasteiger partial charge in [-0.3, -0.25) is 4.79 Å². The lowest BCUT2D eigenvalue weighted by atomic mass is 10.0. The molecule has 94 valence electrons. The van der Waals surface area contributed by atoms with Crippen molar-refractivity contribution in [3.05, 3.63) is 47.0 Å². The number of Topliss-reactive ketones (excluding diaryl/α,β-unsaturated/α-hetero) is 1. The van der Waals surface area contributed by atoms with Crippen molar-refractivity contribution in [2.75, 3.05) is 7.11 Å². The molecular formula is C15H16O3. The summed E-state index contributed by atoms with van der Waals surface area (Å²) in [4.78, 5) is 23.6. The quantitative estimate of drug-likeness (QED) is 0.606. The zero-order chi connectivity index (χ0) is 13.1. The van der Waals surface area contributed by atoms with Gasteiger partial charge in [-0.1, -0.05) is 18.2 Å². The van der Waals surface area contributed by atoms with Crippen LogP contribution in [0.2, 0.25) is 0 Å². The van der Waals surface area contributed by atoms with Gasteiger partial charge in [-0.25, -0.2) is 4.79 Å². The lowest BCUT2D eigenvalue weighted by Gasteiger charge is -2.02. The topological polar surface area (TPSA) is 43.4 Å². The molecule has 2 rings (SSSR count). The number of esters is 1. The Hall–Kier alpha value is -1.90. The van der Waals surface area contributed by atoms with Gasteiger partial charge < -0.3 is 4.74 Å². The normalized spacial score (nSPS) is 18.1. The number of fused-ring (bicyclic) bond motifs is 1. The van der Waals surface area contributed by atoms with E-state index in [9.17, 15) is 9.59 Å². The third-order valence-electron chi connectivity index (χ3n) is 3.29. The lowest BCUT2D eigenvalue weighted by Crippen LogP contribution is -2.08. The number of hydrogen-bond acceptors (Lipinski definition) is 3. The third-order valence-corrected chi connectivity index (χ3v) is 3.29. The highest BCUT2D eigenvalue weighted by Gasteiger charge is 2.30. The van der Waals surface area contributed by atoms with E-state index in [-0.39, 0.29) is 11.7 Å². The maximum atomic E-state index is 12.2. The number of ketones is 1. The van der Waals surface area contributed by atoms with Crippen LogP contribution in [-0.4, -0.2) is 18.9 Å². The minimum absolute atomic E-state index is 0.0177. The molecule has 0 amide bonds. The van der Waals surface area contributed by atoms with Crippen LogP contribution in [0.4, 0.5) is 0 Å². The Kier molecular flexibility index (Phi) is 3.60.